The second-order valence-corrected chi connectivity index (χ2v) is 11.4. The number of hydrogen-bond acceptors (Lipinski definition) is 10. The minimum atomic E-state index is -3.95. The van der Waals surface area contributed by atoms with E-state index in [-0.39, 0.29) is 56.6 Å². The molecule has 0 aliphatic carbocycles. The standard InChI is InChI=1S/C23H33N2O9PS/c1-23(2)16-33-35(30,32-15-17-7-5-4-6-8-17)34-21(23)22(29)25-12-11-18(26)24-13-14-36-20(28)10-9-19(27)31-3/h4-8,21H,9-16H2,1-3H3,(H,24,26)(H,25,29)/t21-,35?/m1/s1. The lowest BCUT2D eigenvalue weighted by molar-refractivity contribution is -0.142. The lowest BCUT2D eigenvalue weighted by atomic mass is 9.87. The summed E-state index contributed by atoms with van der Waals surface area (Å²) in [4.78, 5) is 47.5. The van der Waals surface area contributed by atoms with Crippen LogP contribution in [0.15, 0.2) is 30.3 Å². The predicted octanol–water partition coefficient (Wildman–Crippen LogP) is 2.59. The van der Waals surface area contributed by atoms with Crippen molar-refractivity contribution in [1.82, 2.24) is 10.6 Å². The molecular formula is C23H33N2O9PS. The zero-order valence-corrected chi connectivity index (χ0v) is 22.4. The van der Waals surface area contributed by atoms with Gasteiger partial charge in [0.1, 0.15) is 0 Å². The molecule has 1 heterocycles. The van der Waals surface area contributed by atoms with Crippen LogP contribution >= 0.6 is 19.6 Å². The van der Waals surface area contributed by atoms with Crippen molar-refractivity contribution in [3.63, 3.8) is 0 Å². The fraction of sp³-hybridized carbons (Fsp3) is 0.565. The van der Waals surface area contributed by atoms with Crippen molar-refractivity contribution in [2.75, 3.05) is 32.6 Å². The van der Waals surface area contributed by atoms with E-state index in [2.05, 4.69) is 15.4 Å². The smallest absolute Gasteiger partial charge is 0.469 e. The van der Waals surface area contributed by atoms with Crippen LogP contribution in [0.5, 0.6) is 0 Å². The normalized spacial score (nSPS) is 20.8. The molecule has 2 atom stereocenters. The first kappa shape index (κ1) is 30.0. The Kier molecular flexibility index (Phi) is 12.1. The number of carbonyl (C=O) groups excluding carboxylic acids is 4. The third-order valence-corrected chi connectivity index (χ3v) is 7.40. The predicted molar refractivity (Wildman–Crippen MR) is 133 cm³/mol. The maximum atomic E-state index is 12.9. The van der Waals surface area contributed by atoms with Gasteiger partial charge in [-0.3, -0.25) is 32.7 Å². The maximum absolute atomic E-state index is 12.9. The van der Waals surface area contributed by atoms with E-state index in [0.29, 0.717) is 5.75 Å². The zero-order valence-electron chi connectivity index (χ0n) is 20.7. The molecule has 0 saturated carbocycles. The highest BCUT2D eigenvalue weighted by atomic mass is 32.2. The summed E-state index contributed by atoms with van der Waals surface area (Å²) in [7, 11) is -2.70. The molecule has 0 aromatic heterocycles. The molecule has 200 valence electrons. The SMILES string of the molecule is COC(=O)CCC(=O)SCCNC(=O)CCNC(=O)[C@H]1OP(=O)(OCc2ccccc2)OCC1(C)C. The lowest BCUT2D eigenvalue weighted by Gasteiger charge is -2.39. The van der Waals surface area contributed by atoms with Crippen LogP contribution in [0.3, 0.4) is 0 Å². The van der Waals surface area contributed by atoms with Gasteiger partial charge in [0, 0.05) is 37.1 Å². The van der Waals surface area contributed by atoms with Crippen molar-refractivity contribution in [3.8, 4) is 0 Å². The first-order valence-electron chi connectivity index (χ1n) is 11.4. The van der Waals surface area contributed by atoms with Gasteiger partial charge in [-0.15, -0.1) is 0 Å². The number of ether oxygens (including phenoxy) is 1. The van der Waals surface area contributed by atoms with Gasteiger partial charge in [-0.1, -0.05) is 55.9 Å². The summed E-state index contributed by atoms with van der Waals surface area (Å²) in [6.07, 6.45) is -0.982. The number of thioether (sulfide) groups is 1. The number of benzene rings is 1. The average molecular weight is 545 g/mol. The van der Waals surface area contributed by atoms with Gasteiger partial charge in [0.05, 0.1) is 26.7 Å². The van der Waals surface area contributed by atoms with Gasteiger partial charge in [-0.25, -0.2) is 4.57 Å². The Morgan fingerprint density at radius 2 is 1.81 bits per heavy atom. The van der Waals surface area contributed by atoms with E-state index in [4.69, 9.17) is 13.6 Å². The number of rotatable bonds is 13. The van der Waals surface area contributed by atoms with E-state index in [1.165, 1.54) is 7.11 Å². The summed E-state index contributed by atoms with van der Waals surface area (Å²) in [6, 6.07) is 9.09. The topological polar surface area (TPSA) is 146 Å². The molecule has 1 fully saturated rings. The van der Waals surface area contributed by atoms with Crippen LogP contribution in [0.1, 0.15) is 38.7 Å². The molecule has 1 aliphatic rings. The molecule has 1 unspecified atom stereocenters. The molecule has 1 aromatic rings. The van der Waals surface area contributed by atoms with E-state index in [1.54, 1.807) is 26.0 Å². The summed E-state index contributed by atoms with van der Waals surface area (Å²) >= 11 is 1.02. The van der Waals surface area contributed by atoms with Gasteiger partial charge in [0.15, 0.2) is 11.2 Å². The number of hydrogen-bond donors (Lipinski definition) is 2. The van der Waals surface area contributed by atoms with Crippen molar-refractivity contribution in [3.05, 3.63) is 35.9 Å². The summed E-state index contributed by atoms with van der Waals surface area (Å²) in [5.41, 5.74) is 0.00860. The van der Waals surface area contributed by atoms with E-state index in [1.807, 2.05) is 18.2 Å². The fourth-order valence-corrected chi connectivity index (χ4v) is 5.35. The molecule has 2 rings (SSSR count). The number of nitrogens with one attached hydrogen (secondary N) is 2. The molecular weight excluding hydrogens is 511 g/mol. The molecule has 13 heteroatoms. The van der Waals surface area contributed by atoms with Crippen molar-refractivity contribution < 1.29 is 42.1 Å². The Morgan fingerprint density at radius 3 is 2.50 bits per heavy atom. The van der Waals surface area contributed by atoms with E-state index in [0.717, 1.165) is 17.3 Å². The van der Waals surface area contributed by atoms with Crippen molar-refractivity contribution in [2.24, 2.45) is 5.41 Å². The fourth-order valence-electron chi connectivity index (χ4n) is 3.04. The molecule has 0 bridgehead atoms. The van der Waals surface area contributed by atoms with Crippen molar-refractivity contribution in [2.45, 2.75) is 45.8 Å². The minimum Gasteiger partial charge on any atom is -0.469 e. The Labute approximate surface area is 215 Å². The first-order chi connectivity index (χ1) is 17.0. The number of esters is 1. The van der Waals surface area contributed by atoms with Crippen LogP contribution < -0.4 is 10.6 Å². The molecule has 11 nitrogen and oxygen atoms in total. The van der Waals surface area contributed by atoms with Gasteiger partial charge in [0.2, 0.25) is 11.8 Å². The number of methoxy groups -OCH3 is 1. The number of carbonyl (C=O) groups is 4. The third-order valence-electron chi connectivity index (χ3n) is 5.11. The van der Waals surface area contributed by atoms with Crippen LogP contribution in [-0.2, 0) is 48.7 Å². The second-order valence-electron chi connectivity index (χ2n) is 8.64. The molecule has 2 N–H and O–H groups in total. The van der Waals surface area contributed by atoms with E-state index < -0.39 is 31.2 Å². The lowest BCUT2D eigenvalue weighted by Crippen LogP contribution is -2.50. The summed E-state index contributed by atoms with van der Waals surface area (Å²) < 4.78 is 33.6. The summed E-state index contributed by atoms with van der Waals surface area (Å²) in [5.74, 6) is -0.912. The molecule has 1 aromatic carbocycles. The third kappa shape index (κ3) is 10.4. The minimum absolute atomic E-state index is 0.00220. The van der Waals surface area contributed by atoms with Gasteiger partial charge in [-0.2, -0.15) is 0 Å². The van der Waals surface area contributed by atoms with Crippen LogP contribution in [0, 0.1) is 5.41 Å². The average Bonchev–Trinajstić information content (AvgIpc) is 2.86. The van der Waals surface area contributed by atoms with Crippen LogP contribution in [-0.4, -0.2) is 61.6 Å². The molecule has 1 saturated heterocycles. The number of phosphoric acid groups is 1. The highest BCUT2D eigenvalue weighted by Crippen LogP contribution is 2.57. The van der Waals surface area contributed by atoms with Crippen LogP contribution in [0.4, 0.5) is 0 Å². The summed E-state index contributed by atoms with van der Waals surface area (Å²) in [6.45, 7) is 3.79. The van der Waals surface area contributed by atoms with Gasteiger partial charge in [-0.05, 0) is 5.56 Å². The van der Waals surface area contributed by atoms with Crippen molar-refractivity contribution in [1.29, 1.82) is 0 Å². The largest absolute Gasteiger partial charge is 0.475 e. The van der Waals surface area contributed by atoms with Gasteiger partial charge >= 0.3 is 13.8 Å². The number of amides is 2. The van der Waals surface area contributed by atoms with Gasteiger partial charge in [0.25, 0.3) is 0 Å². The molecule has 36 heavy (non-hydrogen) atoms. The molecule has 0 spiro atoms. The quantitative estimate of drug-likeness (QED) is 0.216. The van der Waals surface area contributed by atoms with Crippen molar-refractivity contribution >= 4 is 42.5 Å². The number of phosphoric ester groups is 1. The van der Waals surface area contributed by atoms with Gasteiger partial charge < -0.3 is 15.4 Å². The Morgan fingerprint density at radius 1 is 1.08 bits per heavy atom. The Bertz CT molecular complexity index is 958. The summed E-state index contributed by atoms with van der Waals surface area (Å²) in [5, 5.41) is 5.13. The maximum Gasteiger partial charge on any atom is 0.475 e. The van der Waals surface area contributed by atoms with Crippen LogP contribution in [0.2, 0.25) is 0 Å². The molecule has 1 aliphatic heterocycles. The zero-order chi connectivity index (χ0) is 26.6. The molecule has 0 radical (unpaired) electrons. The van der Waals surface area contributed by atoms with Crippen LogP contribution in [0.25, 0.3) is 0 Å². The Balaban J connectivity index is 1.70. The highest BCUT2D eigenvalue weighted by Gasteiger charge is 2.49. The highest BCUT2D eigenvalue weighted by molar-refractivity contribution is 8.13. The van der Waals surface area contributed by atoms with E-state index >= 15 is 0 Å². The first-order valence-corrected chi connectivity index (χ1v) is 13.9. The second kappa shape index (κ2) is 14.5. The molecule has 2 amide bonds. The monoisotopic (exact) mass is 544 g/mol. The Hall–Kier alpha value is -2.24. The van der Waals surface area contributed by atoms with E-state index in [9.17, 15) is 23.7 Å².